The zero-order valence-electron chi connectivity index (χ0n) is 12.6. The number of methoxy groups -OCH3 is 1. The predicted octanol–water partition coefficient (Wildman–Crippen LogP) is 2.26. The molecule has 5 heteroatoms. The molecule has 0 bridgehead atoms. The van der Waals surface area contributed by atoms with Gasteiger partial charge < -0.3 is 19.6 Å². The second-order valence-electron chi connectivity index (χ2n) is 5.47. The normalized spacial score (nSPS) is 14.1. The second kappa shape index (κ2) is 6.28. The van der Waals surface area contributed by atoms with Gasteiger partial charge in [-0.25, -0.2) is 0 Å². The molecule has 1 heterocycles. The fourth-order valence-corrected chi connectivity index (χ4v) is 2.15. The molecule has 1 atom stereocenters. The van der Waals surface area contributed by atoms with Crippen LogP contribution >= 0.6 is 0 Å². The average molecular weight is 291 g/mol. The number of carbonyl (C=O) groups is 1. The van der Waals surface area contributed by atoms with E-state index in [0.717, 1.165) is 10.9 Å². The van der Waals surface area contributed by atoms with Gasteiger partial charge in [0.25, 0.3) is 5.91 Å². The molecule has 0 saturated heterocycles. The van der Waals surface area contributed by atoms with Gasteiger partial charge in [-0.05, 0) is 19.9 Å². The first-order valence-corrected chi connectivity index (χ1v) is 6.92. The molecule has 2 N–H and O–H groups in total. The van der Waals surface area contributed by atoms with E-state index in [4.69, 9.17) is 9.15 Å². The van der Waals surface area contributed by atoms with E-state index < -0.39 is 5.60 Å². The van der Waals surface area contributed by atoms with Gasteiger partial charge in [0.1, 0.15) is 5.58 Å². The molecule has 0 saturated carbocycles. The van der Waals surface area contributed by atoms with Crippen LogP contribution in [-0.2, 0) is 4.74 Å². The number of fused-ring (bicyclic) bond motifs is 1. The number of aryl methyl sites for hydroxylation is 1. The highest BCUT2D eigenvalue weighted by atomic mass is 16.5. The lowest BCUT2D eigenvalue weighted by Gasteiger charge is -2.22. The summed E-state index contributed by atoms with van der Waals surface area (Å²) in [5.41, 5.74) is 0.483. The molecule has 21 heavy (non-hydrogen) atoms. The lowest BCUT2D eigenvalue weighted by molar-refractivity contribution is 0.0241. The summed E-state index contributed by atoms with van der Waals surface area (Å²) >= 11 is 0. The van der Waals surface area contributed by atoms with Crippen LogP contribution < -0.4 is 5.32 Å². The number of amides is 1. The van der Waals surface area contributed by atoms with Crippen LogP contribution in [0.2, 0.25) is 0 Å². The molecule has 0 fully saturated rings. The number of para-hydroxylation sites is 1. The third kappa shape index (κ3) is 3.62. The molecule has 0 aliphatic rings. The molecule has 1 amide bonds. The van der Waals surface area contributed by atoms with Crippen molar-refractivity contribution in [1.82, 2.24) is 5.32 Å². The summed E-state index contributed by atoms with van der Waals surface area (Å²) in [6.45, 7) is 4.10. The SMILES string of the molecule is COCCC(C)(O)CNC(=O)c1oc2ccccc2c1C. The first-order chi connectivity index (χ1) is 9.94. The van der Waals surface area contributed by atoms with Gasteiger partial charge in [-0.3, -0.25) is 4.79 Å². The van der Waals surface area contributed by atoms with Gasteiger partial charge in [-0.2, -0.15) is 0 Å². The van der Waals surface area contributed by atoms with E-state index in [-0.39, 0.29) is 12.5 Å². The highest BCUT2D eigenvalue weighted by Crippen LogP contribution is 2.24. The van der Waals surface area contributed by atoms with E-state index >= 15 is 0 Å². The standard InChI is InChI=1S/C16H21NO4/c1-11-12-6-4-5-7-13(12)21-14(11)15(18)17-10-16(2,19)8-9-20-3/h4-7,19H,8-10H2,1-3H3,(H,17,18). The van der Waals surface area contributed by atoms with Crippen LogP contribution in [0.1, 0.15) is 29.5 Å². The van der Waals surface area contributed by atoms with Crippen molar-refractivity contribution in [2.24, 2.45) is 0 Å². The summed E-state index contributed by atoms with van der Waals surface area (Å²) < 4.78 is 10.5. The molecule has 1 aromatic carbocycles. The Morgan fingerprint density at radius 3 is 2.81 bits per heavy atom. The smallest absolute Gasteiger partial charge is 0.287 e. The summed E-state index contributed by atoms with van der Waals surface area (Å²) in [6.07, 6.45) is 0.447. The van der Waals surface area contributed by atoms with Crippen molar-refractivity contribution >= 4 is 16.9 Å². The summed E-state index contributed by atoms with van der Waals surface area (Å²) in [5.74, 6) is -0.0277. The number of carbonyl (C=O) groups excluding carboxylic acids is 1. The zero-order chi connectivity index (χ0) is 15.5. The van der Waals surface area contributed by atoms with E-state index in [1.165, 1.54) is 0 Å². The van der Waals surface area contributed by atoms with Crippen LogP contribution in [0.15, 0.2) is 28.7 Å². The molecule has 5 nitrogen and oxygen atoms in total. The Hall–Kier alpha value is -1.85. The van der Waals surface area contributed by atoms with Crippen molar-refractivity contribution < 1.29 is 19.1 Å². The van der Waals surface area contributed by atoms with Crippen LogP contribution in [0.5, 0.6) is 0 Å². The van der Waals surface area contributed by atoms with Crippen molar-refractivity contribution in [3.05, 3.63) is 35.6 Å². The summed E-state index contributed by atoms with van der Waals surface area (Å²) in [5, 5.41) is 13.8. The number of furan rings is 1. The molecule has 0 spiro atoms. The van der Waals surface area contributed by atoms with Gasteiger partial charge in [0.2, 0.25) is 0 Å². The maximum absolute atomic E-state index is 12.2. The topological polar surface area (TPSA) is 71.7 Å². The maximum atomic E-state index is 12.2. The minimum Gasteiger partial charge on any atom is -0.451 e. The number of hydrogen-bond acceptors (Lipinski definition) is 4. The quantitative estimate of drug-likeness (QED) is 0.856. The van der Waals surface area contributed by atoms with Crippen LogP contribution in [0, 0.1) is 6.92 Å². The van der Waals surface area contributed by atoms with Gasteiger partial charge in [0, 0.05) is 37.6 Å². The molecule has 0 aliphatic carbocycles. The van der Waals surface area contributed by atoms with E-state index in [9.17, 15) is 9.90 Å². The monoisotopic (exact) mass is 291 g/mol. The molecule has 114 valence electrons. The Bertz CT molecular complexity index is 630. The summed E-state index contributed by atoms with van der Waals surface area (Å²) in [4.78, 5) is 12.2. The average Bonchev–Trinajstić information content (AvgIpc) is 2.81. The highest BCUT2D eigenvalue weighted by Gasteiger charge is 2.23. The fraction of sp³-hybridized carbons (Fsp3) is 0.438. The van der Waals surface area contributed by atoms with Gasteiger partial charge in [-0.1, -0.05) is 18.2 Å². The molecule has 0 radical (unpaired) electrons. The van der Waals surface area contributed by atoms with Crippen LogP contribution in [-0.4, -0.2) is 36.9 Å². The minimum absolute atomic E-state index is 0.145. The molecular formula is C16H21NO4. The molecule has 1 aromatic heterocycles. The molecule has 0 aliphatic heterocycles. The largest absolute Gasteiger partial charge is 0.451 e. The second-order valence-corrected chi connectivity index (χ2v) is 5.47. The third-order valence-corrected chi connectivity index (χ3v) is 3.52. The molecule has 1 unspecified atom stereocenters. The Morgan fingerprint density at radius 1 is 1.43 bits per heavy atom. The zero-order valence-corrected chi connectivity index (χ0v) is 12.6. The third-order valence-electron chi connectivity index (χ3n) is 3.52. The lowest BCUT2D eigenvalue weighted by Crippen LogP contribution is -2.41. The molecule has 2 rings (SSSR count). The van der Waals surface area contributed by atoms with Crippen LogP contribution in [0.4, 0.5) is 0 Å². The number of ether oxygens (including phenoxy) is 1. The van der Waals surface area contributed by atoms with E-state index in [1.54, 1.807) is 14.0 Å². The Kier molecular flexibility index (Phi) is 4.65. The molecule has 2 aromatic rings. The number of benzene rings is 1. The molecular weight excluding hydrogens is 270 g/mol. The van der Waals surface area contributed by atoms with Crippen molar-refractivity contribution in [2.75, 3.05) is 20.3 Å². The Morgan fingerprint density at radius 2 is 2.14 bits per heavy atom. The van der Waals surface area contributed by atoms with Crippen molar-refractivity contribution in [1.29, 1.82) is 0 Å². The van der Waals surface area contributed by atoms with Gasteiger partial charge in [0.15, 0.2) is 5.76 Å². The predicted molar refractivity (Wildman–Crippen MR) is 80.4 cm³/mol. The summed E-state index contributed by atoms with van der Waals surface area (Å²) in [6, 6.07) is 7.51. The number of hydrogen-bond donors (Lipinski definition) is 2. The van der Waals surface area contributed by atoms with Crippen molar-refractivity contribution in [2.45, 2.75) is 25.9 Å². The maximum Gasteiger partial charge on any atom is 0.287 e. The van der Waals surface area contributed by atoms with E-state index in [2.05, 4.69) is 5.32 Å². The van der Waals surface area contributed by atoms with Gasteiger partial charge in [-0.15, -0.1) is 0 Å². The van der Waals surface area contributed by atoms with E-state index in [1.807, 2.05) is 31.2 Å². The Labute approximate surface area is 123 Å². The summed E-state index contributed by atoms with van der Waals surface area (Å²) in [7, 11) is 1.58. The van der Waals surface area contributed by atoms with Crippen LogP contribution in [0.3, 0.4) is 0 Å². The van der Waals surface area contributed by atoms with Gasteiger partial charge >= 0.3 is 0 Å². The lowest BCUT2D eigenvalue weighted by atomic mass is 10.0. The number of aliphatic hydroxyl groups is 1. The highest BCUT2D eigenvalue weighted by molar-refractivity contribution is 5.98. The van der Waals surface area contributed by atoms with Gasteiger partial charge in [0.05, 0.1) is 5.60 Å². The van der Waals surface area contributed by atoms with Crippen molar-refractivity contribution in [3.63, 3.8) is 0 Å². The first kappa shape index (κ1) is 15.5. The fourth-order valence-electron chi connectivity index (χ4n) is 2.15. The van der Waals surface area contributed by atoms with E-state index in [0.29, 0.717) is 24.4 Å². The first-order valence-electron chi connectivity index (χ1n) is 6.92. The number of nitrogens with one attached hydrogen (secondary N) is 1. The number of rotatable bonds is 6. The van der Waals surface area contributed by atoms with Crippen molar-refractivity contribution in [3.8, 4) is 0 Å². The van der Waals surface area contributed by atoms with Crippen LogP contribution in [0.25, 0.3) is 11.0 Å². The Balaban J connectivity index is 2.07. The minimum atomic E-state index is -1.01.